The van der Waals surface area contributed by atoms with Crippen molar-refractivity contribution in [2.75, 3.05) is 19.8 Å². The van der Waals surface area contributed by atoms with Gasteiger partial charge in [-0.25, -0.2) is 18.0 Å². The third-order valence-corrected chi connectivity index (χ3v) is 5.37. The van der Waals surface area contributed by atoms with Crippen molar-refractivity contribution in [1.82, 2.24) is 0 Å². The standard InChI is InChI=1S/C18H14F2INO10S/c19-18(20,33(27,28)29)10-32-17(24)15-13(2-1-3-14(15)22(25)26)16(23)31-9-8-30-12-6-4-11(21)5-7-12/h1-7H,8-10H2,(H,27,28,29)/p-1. The molecule has 0 unspecified atom stereocenters. The molecule has 0 aliphatic carbocycles. The van der Waals surface area contributed by atoms with Crippen molar-refractivity contribution in [1.29, 1.82) is 0 Å². The highest BCUT2D eigenvalue weighted by atomic mass is 127. The van der Waals surface area contributed by atoms with Gasteiger partial charge in [0.2, 0.25) is 0 Å². The lowest BCUT2D eigenvalue weighted by Crippen LogP contribution is -2.35. The van der Waals surface area contributed by atoms with Crippen LogP contribution in [0.1, 0.15) is 20.7 Å². The first-order valence-corrected chi connectivity index (χ1v) is 11.2. The maximum Gasteiger partial charge on any atom is 0.367 e. The second-order valence-electron chi connectivity index (χ2n) is 6.06. The molecule has 2 aromatic carbocycles. The molecule has 11 nitrogen and oxygen atoms in total. The van der Waals surface area contributed by atoms with Crippen LogP contribution in [0.3, 0.4) is 0 Å². The molecule has 0 saturated heterocycles. The number of alkyl halides is 2. The van der Waals surface area contributed by atoms with Crippen molar-refractivity contribution >= 4 is 50.3 Å². The van der Waals surface area contributed by atoms with E-state index in [-0.39, 0.29) is 13.2 Å². The zero-order valence-electron chi connectivity index (χ0n) is 16.2. The summed E-state index contributed by atoms with van der Waals surface area (Å²) in [6, 6.07) is 9.62. The van der Waals surface area contributed by atoms with Crippen LogP contribution in [0.25, 0.3) is 0 Å². The Hall–Kier alpha value is -2.92. The number of halogens is 3. The molecule has 0 heterocycles. The molecule has 0 saturated carbocycles. The number of hydrogen-bond donors (Lipinski definition) is 0. The molecule has 33 heavy (non-hydrogen) atoms. The molecular formula is C18H13F2INO10S-. The second-order valence-corrected chi connectivity index (χ2v) is 8.81. The number of carbonyl (C=O) groups is 2. The van der Waals surface area contributed by atoms with Crippen LogP contribution in [0.5, 0.6) is 5.75 Å². The van der Waals surface area contributed by atoms with Gasteiger partial charge < -0.3 is 18.8 Å². The van der Waals surface area contributed by atoms with E-state index < -0.39 is 55.7 Å². The van der Waals surface area contributed by atoms with Gasteiger partial charge in [0.25, 0.3) is 5.69 Å². The van der Waals surface area contributed by atoms with Gasteiger partial charge in [0.15, 0.2) is 22.3 Å². The summed E-state index contributed by atoms with van der Waals surface area (Å²) in [5, 5.41) is 6.25. The molecule has 0 spiro atoms. The zero-order valence-corrected chi connectivity index (χ0v) is 19.2. The smallest absolute Gasteiger partial charge is 0.367 e. The molecule has 15 heteroatoms. The van der Waals surface area contributed by atoms with Crippen LogP contribution >= 0.6 is 22.6 Å². The monoisotopic (exact) mass is 600 g/mol. The highest BCUT2D eigenvalue weighted by Gasteiger charge is 2.40. The summed E-state index contributed by atoms with van der Waals surface area (Å²) in [7, 11) is -6.17. The van der Waals surface area contributed by atoms with Crippen molar-refractivity contribution in [2.24, 2.45) is 0 Å². The van der Waals surface area contributed by atoms with Crippen LogP contribution in [-0.4, -0.2) is 54.9 Å². The second kappa shape index (κ2) is 10.8. The summed E-state index contributed by atoms with van der Waals surface area (Å²) >= 11 is 2.09. The number of benzene rings is 2. The lowest BCUT2D eigenvalue weighted by molar-refractivity contribution is -0.385. The van der Waals surface area contributed by atoms with Gasteiger partial charge in [0.1, 0.15) is 19.0 Å². The number of hydrogen-bond acceptors (Lipinski definition) is 10. The number of ether oxygens (including phenoxy) is 3. The van der Waals surface area contributed by atoms with E-state index in [0.29, 0.717) is 5.75 Å². The molecule has 0 amide bonds. The van der Waals surface area contributed by atoms with Crippen LogP contribution < -0.4 is 4.74 Å². The van der Waals surface area contributed by atoms with Crippen molar-refractivity contribution in [3.8, 4) is 5.75 Å². The Morgan fingerprint density at radius 3 is 2.24 bits per heavy atom. The first kappa shape index (κ1) is 26.3. The van der Waals surface area contributed by atoms with Crippen molar-refractivity contribution in [3.05, 3.63) is 67.3 Å². The third-order valence-electron chi connectivity index (χ3n) is 3.80. The Balaban J connectivity index is 2.15. The third kappa shape index (κ3) is 7.03. The van der Waals surface area contributed by atoms with Gasteiger partial charge in [-0.3, -0.25) is 10.1 Å². The summed E-state index contributed by atoms with van der Waals surface area (Å²) in [5.41, 5.74) is -2.74. The lowest BCUT2D eigenvalue weighted by atomic mass is 10.1. The predicted octanol–water partition coefficient (Wildman–Crippen LogP) is 2.73. The number of esters is 2. The van der Waals surface area contributed by atoms with Gasteiger partial charge in [0.05, 0.1) is 10.5 Å². The normalized spacial score (nSPS) is 11.5. The number of nitro benzene ring substituents is 1. The maximum atomic E-state index is 13.3. The molecular weight excluding hydrogens is 587 g/mol. The van der Waals surface area contributed by atoms with E-state index in [9.17, 15) is 41.5 Å². The Kier molecular flexibility index (Phi) is 8.62. The van der Waals surface area contributed by atoms with Crippen LogP contribution in [0.4, 0.5) is 14.5 Å². The van der Waals surface area contributed by atoms with Crippen LogP contribution in [-0.2, 0) is 19.6 Å². The Labute approximate surface area is 198 Å². The molecule has 0 aliphatic rings. The summed E-state index contributed by atoms with van der Waals surface area (Å²) in [4.78, 5) is 34.7. The molecule has 0 N–H and O–H groups in total. The molecule has 0 aromatic heterocycles. The van der Waals surface area contributed by atoms with E-state index in [1.54, 1.807) is 24.3 Å². The summed E-state index contributed by atoms with van der Waals surface area (Å²) in [6.07, 6.45) is 0. The van der Waals surface area contributed by atoms with Gasteiger partial charge in [-0.2, -0.15) is 8.78 Å². The molecule has 0 fully saturated rings. The summed E-state index contributed by atoms with van der Waals surface area (Å²) < 4.78 is 73.4. The number of carbonyl (C=O) groups excluding carboxylic acids is 2. The zero-order chi connectivity index (χ0) is 24.8. The average Bonchev–Trinajstić information content (AvgIpc) is 2.74. The van der Waals surface area contributed by atoms with E-state index in [2.05, 4.69) is 27.3 Å². The topological polar surface area (TPSA) is 162 Å². The highest BCUT2D eigenvalue weighted by molar-refractivity contribution is 14.1. The average molecular weight is 600 g/mol. The predicted molar refractivity (Wildman–Crippen MR) is 113 cm³/mol. The van der Waals surface area contributed by atoms with E-state index in [1.807, 2.05) is 0 Å². The number of nitrogens with zero attached hydrogens (tertiary/aromatic N) is 1. The van der Waals surface area contributed by atoms with Crippen molar-refractivity contribution in [2.45, 2.75) is 5.25 Å². The quantitative estimate of drug-likeness (QED) is 0.0990. The van der Waals surface area contributed by atoms with E-state index in [0.717, 1.165) is 21.8 Å². The van der Waals surface area contributed by atoms with Gasteiger partial charge >= 0.3 is 17.2 Å². The van der Waals surface area contributed by atoms with Gasteiger partial charge in [-0.1, -0.05) is 6.07 Å². The van der Waals surface area contributed by atoms with Gasteiger partial charge in [-0.05, 0) is 52.9 Å². The molecule has 0 bridgehead atoms. The van der Waals surface area contributed by atoms with Crippen molar-refractivity contribution < 1.29 is 50.5 Å². The molecule has 2 rings (SSSR count). The SMILES string of the molecule is O=C(OCCOc1ccc(I)cc1)c1cccc([N+](=O)[O-])c1C(=O)OCC(F)(F)S(=O)(=O)[O-]. The number of nitro groups is 1. The highest BCUT2D eigenvalue weighted by Crippen LogP contribution is 2.26. The van der Waals surface area contributed by atoms with Crippen LogP contribution in [0, 0.1) is 13.7 Å². The minimum absolute atomic E-state index is 0.116. The Morgan fingerprint density at radius 1 is 1.03 bits per heavy atom. The van der Waals surface area contributed by atoms with E-state index >= 15 is 0 Å². The van der Waals surface area contributed by atoms with Crippen LogP contribution in [0.2, 0.25) is 0 Å². The Bertz CT molecular complexity index is 1160. The lowest BCUT2D eigenvalue weighted by Gasteiger charge is -2.19. The molecule has 178 valence electrons. The van der Waals surface area contributed by atoms with Crippen molar-refractivity contribution in [3.63, 3.8) is 0 Å². The van der Waals surface area contributed by atoms with E-state index in [1.165, 1.54) is 0 Å². The van der Waals surface area contributed by atoms with Crippen LogP contribution in [0.15, 0.2) is 42.5 Å². The van der Waals surface area contributed by atoms with Gasteiger partial charge in [-0.15, -0.1) is 0 Å². The minimum Gasteiger partial charge on any atom is -0.743 e. The maximum absolute atomic E-state index is 13.3. The fourth-order valence-corrected chi connectivity index (χ4v) is 2.84. The van der Waals surface area contributed by atoms with Gasteiger partial charge in [0, 0.05) is 9.64 Å². The molecule has 0 radical (unpaired) electrons. The molecule has 2 aromatic rings. The molecule has 0 aliphatic heterocycles. The fraction of sp³-hybridized carbons (Fsp3) is 0.222. The largest absolute Gasteiger partial charge is 0.743 e. The summed E-state index contributed by atoms with van der Waals surface area (Å²) in [5.74, 6) is -2.59. The minimum atomic E-state index is -6.17. The van der Waals surface area contributed by atoms with E-state index in [4.69, 9.17) is 9.47 Å². The fourth-order valence-electron chi connectivity index (χ4n) is 2.27. The first-order valence-electron chi connectivity index (χ1n) is 8.67. The first-order chi connectivity index (χ1) is 15.3. The molecule has 0 atom stereocenters. The Morgan fingerprint density at radius 2 is 1.67 bits per heavy atom. The number of rotatable bonds is 10. The summed E-state index contributed by atoms with van der Waals surface area (Å²) in [6.45, 7) is -2.66.